The van der Waals surface area contributed by atoms with E-state index in [0.29, 0.717) is 62.7 Å². The molecule has 0 unspecified atom stereocenters. The van der Waals surface area contributed by atoms with Crippen LogP contribution in [0.15, 0.2) is 28.4 Å². The second-order valence-electron chi connectivity index (χ2n) is 12.5. The number of nitrogens with zero attached hydrogens (tertiary/aromatic N) is 6. The Hall–Kier alpha value is -3.47. The summed E-state index contributed by atoms with van der Waals surface area (Å²) in [4.78, 5) is 36.4. The number of likely N-dealkylation sites (tertiary alicyclic amines) is 1. The van der Waals surface area contributed by atoms with Crippen molar-refractivity contribution in [1.29, 1.82) is 0 Å². The number of imidazole rings is 1. The van der Waals surface area contributed by atoms with Gasteiger partial charge in [-0.25, -0.2) is 9.78 Å². The van der Waals surface area contributed by atoms with Gasteiger partial charge in [-0.1, -0.05) is 19.9 Å². The summed E-state index contributed by atoms with van der Waals surface area (Å²) in [6, 6.07) is 5.51. The smallest absolute Gasteiger partial charge is 0.410 e. The molecule has 2 aliphatic rings. The van der Waals surface area contributed by atoms with Crippen LogP contribution in [0.3, 0.4) is 0 Å². The molecule has 2 amide bonds. The lowest BCUT2D eigenvalue weighted by molar-refractivity contribution is 0.00539. The van der Waals surface area contributed by atoms with Crippen LogP contribution in [0, 0.1) is 11.8 Å². The number of methoxy groups -OCH3 is 2. The second-order valence-corrected chi connectivity index (χ2v) is 12.5. The van der Waals surface area contributed by atoms with E-state index in [2.05, 4.69) is 24.1 Å². The Bertz CT molecular complexity index is 1310. The Balaban J connectivity index is 1.72. The topological polar surface area (TPSA) is 111 Å². The van der Waals surface area contributed by atoms with Gasteiger partial charge in [0.15, 0.2) is 5.82 Å². The van der Waals surface area contributed by atoms with Crippen LogP contribution in [-0.2, 0) is 16.0 Å². The molecule has 3 heterocycles. The Morgan fingerprint density at radius 3 is 2.57 bits per heavy atom. The monoisotopic (exact) mass is 582 g/mol. The standard InChI is InChI=1S/C31H46N6O5/c1-21(2)18-37(23-17-22(24-13-14-32-34-24)19-35(20-23)30(39)42-31(3,4)5)29(38)28-33-27-25(11-10-12-26(27)41-7)36(28)15-8-9-16-40-6/h10-12,14,21-23H,8-9,13,15-20H2,1-7H3/t22-,23+/m1/s1. The molecule has 1 saturated heterocycles. The second kappa shape index (κ2) is 13.7. The van der Waals surface area contributed by atoms with E-state index in [1.165, 1.54) is 0 Å². The Morgan fingerprint density at radius 2 is 1.93 bits per heavy atom. The zero-order chi connectivity index (χ0) is 30.4. The number of amides is 2. The Morgan fingerprint density at radius 1 is 1.14 bits per heavy atom. The van der Waals surface area contributed by atoms with Crippen molar-refractivity contribution in [2.45, 2.75) is 78.5 Å². The fourth-order valence-electron chi connectivity index (χ4n) is 5.67. The number of aryl methyl sites for hydroxylation is 1. The van der Waals surface area contributed by atoms with Crippen molar-refractivity contribution in [2.75, 3.05) is 40.5 Å². The minimum atomic E-state index is -0.631. The van der Waals surface area contributed by atoms with E-state index >= 15 is 0 Å². The van der Waals surface area contributed by atoms with Crippen molar-refractivity contribution in [1.82, 2.24) is 19.4 Å². The number of fused-ring (bicyclic) bond motifs is 1. The van der Waals surface area contributed by atoms with E-state index < -0.39 is 5.60 Å². The van der Waals surface area contributed by atoms with E-state index in [1.807, 2.05) is 48.4 Å². The zero-order valence-corrected chi connectivity index (χ0v) is 26.1. The molecule has 0 radical (unpaired) electrons. The van der Waals surface area contributed by atoms with Gasteiger partial charge in [-0.15, -0.1) is 0 Å². The van der Waals surface area contributed by atoms with Gasteiger partial charge in [-0.05, 0) is 58.1 Å². The van der Waals surface area contributed by atoms with Crippen molar-refractivity contribution >= 4 is 35.0 Å². The predicted octanol–water partition coefficient (Wildman–Crippen LogP) is 5.03. The fourth-order valence-corrected chi connectivity index (χ4v) is 5.67. The summed E-state index contributed by atoms with van der Waals surface area (Å²) >= 11 is 0. The number of carbonyl (C=O) groups is 2. The predicted molar refractivity (Wildman–Crippen MR) is 164 cm³/mol. The van der Waals surface area contributed by atoms with E-state index in [-0.39, 0.29) is 29.9 Å². The molecule has 11 heteroatoms. The van der Waals surface area contributed by atoms with Crippen LogP contribution >= 0.6 is 0 Å². The summed E-state index contributed by atoms with van der Waals surface area (Å²) in [6.07, 6.45) is 4.42. The van der Waals surface area contributed by atoms with Gasteiger partial charge in [0.1, 0.15) is 16.9 Å². The Labute approximate surface area is 248 Å². The number of unbranched alkanes of at least 4 members (excludes halogenated alkanes) is 1. The van der Waals surface area contributed by atoms with Gasteiger partial charge in [-0.2, -0.15) is 10.2 Å². The van der Waals surface area contributed by atoms with Gasteiger partial charge in [-0.3, -0.25) is 4.79 Å². The number of ether oxygens (including phenoxy) is 3. The molecule has 4 rings (SSSR count). The van der Waals surface area contributed by atoms with Gasteiger partial charge in [0.2, 0.25) is 0 Å². The molecule has 2 atom stereocenters. The van der Waals surface area contributed by atoms with E-state index in [1.54, 1.807) is 25.3 Å². The molecule has 1 aromatic heterocycles. The first-order valence-corrected chi connectivity index (χ1v) is 14.9. The first kappa shape index (κ1) is 31.5. The quantitative estimate of drug-likeness (QED) is 0.344. The third kappa shape index (κ3) is 7.48. The van der Waals surface area contributed by atoms with E-state index in [9.17, 15) is 9.59 Å². The Kier molecular flexibility index (Phi) is 10.2. The molecule has 0 N–H and O–H groups in total. The van der Waals surface area contributed by atoms with Crippen LogP contribution in [-0.4, -0.2) is 95.4 Å². The molecule has 0 bridgehead atoms. The third-order valence-corrected chi connectivity index (χ3v) is 7.52. The normalized spacial score (nSPS) is 19.0. The van der Waals surface area contributed by atoms with Crippen LogP contribution in [0.1, 0.15) is 70.9 Å². The maximum Gasteiger partial charge on any atom is 0.410 e. The zero-order valence-electron chi connectivity index (χ0n) is 26.1. The largest absolute Gasteiger partial charge is 0.494 e. The molecule has 0 saturated carbocycles. The van der Waals surface area contributed by atoms with Gasteiger partial charge in [0, 0.05) is 58.4 Å². The molecule has 42 heavy (non-hydrogen) atoms. The summed E-state index contributed by atoms with van der Waals surface area (Å²) in [6.45, 7) is 12.4. The van der Waals surface area contributed by atoms with Crippen molar-refractivity contribution in [3.05, 3.63) is 24.0 Å². The van der Waals surface area contributed by atoms with Crippen molar-refractivity contribution in [3.63, 3.8) is 0 Å². The lowest BCUT2D eigenvalue weighted by Gasteiger charge is -2.43. The lowest BCUT2D eigenvalue weighted by Crippen LogP contribution is -2.57. The number of rotatable bonds is 11. The average molecular weight is 583 g/mol. The summed E-state index contributed by atoms with van der Waals surface area (Å²) in [5.41, 5.74) is 1.82. The maximum absolute atomic E-state index is 14.6. The molecule has 1 fully saturated rings. The lowest BCUT2D eigenvalue weighted by atomic mass is 9.88. The third-order valence-electron chi connectivity index (χ3n) is 7.52. The van der Waals surface area contributed by atoms with Crippen LogP contribution < -0.4 is 4.74 Å². The van der Waals surface area contributed by atoms with E-state index in [4.69, 9.17) is 19.2 Å². The van der Waals surface area contributed by atoms with Crippen LogP contribution in [0.2, 0.25) is 0 Å². The number of piperidine rings is 1. The molecule has 1 aromatic carbocycles. The fraction of sp³-hybridized carbons (Fsp3) is 0.645. The van der Waals surface area contributed by atoms with Gasteiger partial charge < -0.3 is 28.6 Å². The summed E-state index contributed by atoms with van der Waals surface area (Å²) in [5, 5.41) is 8.44. The molecule has 2 aromatic rings. The first-order valence-electron chi connectivity index (χ1n) is 14.9. The molecular formula is C31H46N6O5. The molecule has 11 nitrogen and oxygen atoms in total. The minimum absolute atomic E-state index is 0.0332. The van der Waals surface area contributed by atoms with Crippen molar-refractivity contribution < 1.29 is 23.8 Å². The molecule has 2 aliphatic heterocycles. The van der Waals surface area contributed by atoms with Crippen LogP contribution in [0.5, 0.6) is 5.75 Å². The molecule has 0 aliphatic carbocycles. The highest BCUT2D eigenvalue weighted by Gasteiger charge is 2.40. The molecular weight excluding hydrogens is 536 g/mol. The molecule has 230 valence electrons. The highest BCUT2D eigenvalue weighted by atomic mass is 16.6. The van der Waals surface area contributed by atoms with Gasteiger partial charge in [0.25, 0.3) is 5.91 Å². The van der Waals surface area contributed by atoms with E-state index in [0.717, 1.165) is 24.1 Å². The average Bonchev–Trinajstić information content (AvgIpc) is 3.61. The van der Waals surface area contributed by atoms with Gasteiger partial charge >= 0.3 is 6.09 Å². The van der Waals surface area contributed by atoms with Crippen LogP contribution in [0.4, 0.5) is 4.79 Å². The summed E-state index contributed by atoms with van der Waals surface area (Å²) in [5.74, 6) is 1.01. The minimum Gasteiger partial charge on any atom is -0.494 e. The first-order chi connectivity index (χ1) is 20.0. The van der Waals surface area contributed by atoms with Crippen molar-refractivity contribution in [2.24, 2.45) is 22.0 Å². The van der Waals surface area contributed by atoms with Crippen LogP contribution in [0.25, 0.3) is 11.0 Å². The molecule has 0 spiro atoms. The van der Waals surface area contributed by atoms with Crippen molar-refractivity contribution in [3.8, 4) is 5.75 Å². The van der Waals surface area contributed by atoms with Gasteiger partial charge in [0.05, 0.1) is 24.4 Å². The number of hydrogen-bond donors (Lipinski definition) is 0. The highest BCUT2D eigenvalue weighted by Crippen LogP contribution is 2.30. The number of hydrogen-bond acceptors (Lipinski definition) is 8. The number of para-hydroxylation sites is 1. The maximum atomic E-state index is 14.6. The number of benzene rings is 1. The highest BCUT2D eigenvalue weighted by molar-refractivity contribution is 6.00. The SMILES string of the molecule is COCCCCn1c(C(=O)N(CC(C)C)[C@H]2C[C@@H](C3=NN=CC3)CN(C(=O)OC(C)(C)C)C2)nc2c(OC)cccc21. The number of carbonyl (C=O) groups excluding carboxylic acids is 2. The number of aromatic nitrogens is 2. The summed E-state index contributed by atoms with van der Waals surface area (Å²) < 4.78 is 18.6. The summed E-state index contributed by atoms with van der Waals surface area (Å²) in [7, 11) is 3.30.